The second-order valence-corrected chi connectivity index (χ2v) is 7.80. The van der Waals surface area contributed by atoms with Crippen molar-refractivity contribution in [3.63, 3.8) is 0 Å². The first-order valence-corrected chi connectivity index (χ1v) is 10.7. The molecule has 6 heteroatoms. The number of unbranched alkanes of at least 4 members (excludes halogenated alkanes) is 3. The molecule has 3 aromatic heterocycles. The molecule has 0 aliphatic carbocycles. The van der Waals surface area contributed by atoms with Crippen LogP contribution < -0.4 is 5.32 Å². The number of nitrogens with zero attached hydrogens (tertiary/aromatic N) is 2. The Kier molecular flexibility index (Phi) is 6.42. The number of hydrogen-bond acceptors (Lipinski definition) is 5. The Balaban J connectivity index is 1.26. The molecule has 0 fully saturated rings. The third-order valence-corrected chi connectivity index (χ3v) is 5.56. The molecule has 0 unspecified atom stereocenters. The average molecular weight is 405 g/mol. The van der Waals surface area contributed by atoms with E-state index in [9.17, 15) is 9.90 Å². The Morgan fingerprint density at radius 2 is 2.10 bits per heavy atom. The molecular weight excluding hydrogens is 378 g/mol. The van der Waals surface area contributed by atoms with E-state index < -0.39 is 5.97 Å². The van der Waals surface area contributed by atoms with Gasteiger partial charge in [-0.25, -0.2) is 14.8 Å². The van der Waals surface area contributed by atoms with Gasteiger partial charge in [0.1, 0.15) is 5.82 Å². The van der Waals surface area contributed by atoms with Crippen molar-refractivity contribution >= 4 is 28.5 Å². The molecule has 6 nitrogen and oxygen atoms in total. The molecule has 0 atom stereocenters. The first kappa shape index (κ1) is 20.1. The molecule has 0 bridgehead atoms. The van der Waals surface area contributed by atoms with Crippen LogP contribution in [-0.4, -0.2) is 27.6 Å². The van der Waals surface area contributed by atoms with Crippen LogP contribution >= 0.6 is 0 Å². The van der Waals surface area contributed by atoms with E-state index in [4.69, 9.17) is 9.40 Å². The van der Waals surface area contributed by atoms with Crippen LogP contribution in [0, 0.1) is 0 Å². The van der Waals surface area contributed by atoms with Gasteiger partial charge in [0, 0.05) is 29.9 Å². The number of carboxylic acids is 1. The number of allylic oxidation sites excluding steroid dienone is 1. The summed E-state index contributed by atoms with van der Waals surface area (Å²) in [6.45, 7) is 1.01. The highest BCUT2D eigenvalue weighted by atomic mass is 16.4. The van der Waals surface area contributed by atoms with Gasteiger partial charge in [0.2, 0.25) is 5.71 Å². The van der Waals surface area contributed by atoms with E-state index in [0.717, 1.165) is 79.5 Å². The molecule has 0 spiro atoms. The number of aryl methyl sites for hydroxylation is 2. The Bertz CT molecular complexity index is 1050. The highest BCUT2D eigenvalue weighted by Crippen LogP contribution is 2.25. The van der Waals surface area contributed by atoms with Gasteiger partial charge >= 0.3 is 5.97 Å². The van der Waals surface area contributed by atoms with Gasteiger partial charge in [-0.05, 0) is 73.4 Å². The van der Waals surface area contributed by atoms with E-state index in [-0.39, 0.29) is 0 Å². The van der Waals surface area contributed by atoms with E-state index in [1.807, 2.05) is 12.1 Å². The third-order valence-electron chi connectivity index (χ3n) is 5.56. The molecular formula is C24H27N3O3. The van der Waals surface area contributed by atoms with E-state index in [1.165, 1.54) is 18.1 Å². The number of nitrogens with one attached hydrogen (secondary N) is 1. The van der Waals surface area contributed by atoms with E-state index in [2.05, 4.69) is 22.4 Å². The van der Waals surface area contributed by atoms with Crippen molar-refractivity contribution in [1.82, 2.24) is 9.97 Å². The number of aliphatic carboxylic acids is 1. The fourth-order valence-corrected chi connectivity index (χ4v) is 3.97. The zero-order chi connectivity index (χ0) is 20.8. The normalized spacial score (nSPS) is 13.8. The maximum Gasteiger partial charge on any atom is 0.328 e. The standard InChI is InChI=1S/C24H27N3O3/c28-22(29)15-18(20-14-19-11-13-30-24(19)26-16-20)6-3-1-2-4-8-21-10-9-17-7-5-12-25-23(17)27-21/h9-11,13-16H,1-8,12H2,(H,25,27)(H,28,29)/b18-15-. The lowest BCUT2D eigenvalue weighted by molar-refractivity contribution is -0.131. The van der Waals surface area contributed by atoms with Gasteiger partial charge < -0.3 is 14.8 Å². The first-order valence-electron chi connectivity index (χ1n) is 10.7. The molecule has 0 aromatic carbocycles. The van der Waals surface area contributed by atoms with Crippen molar-refractivity contribution in [1.29, 1.82) is 0 Å². The fraction of sp³-hybridized carbons (Fsp3) is 0.375. The van der Waals surface area contributed by atoms with Crippen molar-refractivity contribution in [2.24, 2.45) is 0 Å². The Morgan fingerprint density at radius 1 is 1.20 bits per heavy atom. The van der Waals surface area contributed by atoms with Crippen LogP contribution in [0.15, 0.2) is 47.2 Å². The number of rotatable bonds is 9. The minimum absolute atomic E-state index is 0.569. The quantitative estimate of drug-likeness (QED) is 0.374. The largest absolute Gasteiger partial charge is 0.478 e. The number of aromatic nitrogens is 2. The average Bonchev–Trinajstić information content (AvgIpc) is 3.23. The molecule has 156 valence electrons. The van der Waals surface area contributed by atoms with Gasteiger partial charge in [-0.1, -0.05) is 18.9 Å². The highest BCUT2D eigenvalue weighted by Gasteiger charge is 2.10. The second-order valence-electron chi connectivity index (χ2n) is 7.80. The van der Waals surface area contributed by atoms with Crippen molar-refractivity contribution in [2.75, 3.05) is 11.9 Å². The lowest BCUT2D eigenvalue weighted by atomic mass is 9.99. The summed E-state index contributed by atoms with van der Waals surface area (Å²) in [4.78, 5) is 20.3. The summed E-state index contributed by atoms with van der Waals surface area (Å²) in [6, 6.07) is 8.14. The maximum absolute atomic E-state index is 11.3. The number of fused-ring (bicyclic) bond motifs is 2. The molecule has 1 aliphatic rings. The Morgan fingerprint density at radius 3 is 3.00 bits per heavy atom. The van der Waals surface area contributed by atoms with Gasteiger partial charge in [0.05, 0.1) is 6.26 Å². The van der Waals surface area contributed by atoms with Crippen LogP contribution in [0.25, 0.3) is 16.7 Å². The smallest absolute Gasteiger partial charge is 0.328 e. The van der Waals surface area contributed by atoms with Gasteiger partial charge in [-0.2, -0.15) is 0 Å². The summed E-state index contributed by atoms with van der Waals surface area (Å²) in [6.07, 6.45) is 12.8. The number of anilines is 1. The molecule has 0 saturated carbocycles. The number of furan rings is 1. The Hall–Kier alpha value is -3.15. The fourth-order valence-electron chi connectivity index (χ4n) is 3.97. The summed E-state index contributed by atoms with van der Waals surface area (Å²) in [5.74, 6) is 0.134. The molecule has 4 rings (SSSR count). The zero-order valence-electron chi connectivity index (χ0n) is 17.1. The van der Waals surface area contributed by atoms with Crippen molar-refractivity contribution in [3.05, 3.63) is 59.6 Å². The SMILES string of the molecule is O=C(O)/C=C(/CCCCCCc1ccc2c(n1)NCCC2)c1cnc2occc2c1. The van der Waals surface area contributed by atoms with Crippen LogP contribution in [0.5, 0.6) is 0 Å². The summed E-state index contributed by atoms with van der Waals surface area (Å²) in [5, 5.41) is 13.5. The minimum Gasteiger partial charge on any atom is -0.478 e. The summed E-state index contributed by atoms with van der Waals surface area (Å²) in [5.41, 5.74) is 4.69. The summed E-state index contributed by atoms with van der Waals surface area (Å²) in [7, 11) is 0. The number of pyridine rings is 2. The maximum atomic E-state index is 11.3. The predicted molar refractivity (Wildman–Crippen MR) is 117 cm³/mol. The van der Waals surface area contributed by atoms with Gasteiger partial charge in [0.15, 0.2) is 0 Å². The summed E-state index contributed by atoms with van der Waals surface area (Å²) < 4.78 is 5.27. The second kappa shape index (κ2) is 9.57. The van der Waals surface area contributed by atoms with E-state index in [0.29, 0.717) is 5.71 Å². The van der Waals surface area contributed by atoms with Crippen LogP contribution in [-0.2, 0) is 17.6 Å². The highest BCUT2D eigenvalue weighted by molar-refractivity contribution is 5.91. The van der Waals surface area contributed by atoms with Crippen molar-refractivity contribution < 1.29 is 14.3 Å². The zero-order valence-corrected chi connectivity index (χ0v) is 17.1. The lowest BCUT2D eigenvalue weighted by Gasteiger charge is -2.17. The van der Waals surface area contributed by atoms with Gasteiger partial charge in [0.25, 0.3) is 0 Å². The number of hydrogen-bond donors (Lipinski definition) is 2. The van der Waals surface area contributed by atoms with E-state index >= 15 is 0 Å². The Labute approximate surface area is 176 Å². The van der Waals surface area contributed by atoms with Crippen LogP contribution in [0.4, 0.5) is 5.82 Å². The molecule has 1 aliphatic heterocycles. The van der Waals surface area contributed by atoms with Crippen molar-refractivity contribution in [3.8, 4) is 0 Å². The van der Waals surface area contributed by atoms with Crippen LogP contribution in [0.3, 0.4) is 0 Å². The monoisotopic (exact) mass is 405 g/mol. The molecule has 4 heterocycles. The number of carboxylic acid groups (broad SMARTS) is 1. The third kappa shape index (κ3) is 5.06. The first-order chi connectivity index (χ1) is 14.7. The molecule has 0 radical (unpaired) electrons. The van der Waals surface area contributed by atoms with Gasteiger partial charge in [-0.15, -0.1) is 0 Å². The molecule has 30 heavy (non-hydrogen) atoms. The molecule has 2 N–H and O–H groups in total. The lowest BCUT2D eigenvalue weighted by Crippen LogP contribution is -2.13. The molecule has 3 aromatic rings. The van der Waals surface area contributed by atoms with Crippen LogP contribution in [0.2, 0.25) is 0 Å². The van der Waals surface area contributed by atoms with Crippen LogP contribution in [0.1, 0.15) is 55.3 Å². The molecule has 0 amide bonds. The minimum atomic E-state index is -0.926. The topological polar surface area (TPSA) is 88.2 Å². The molecule has 0 saturated heterocycles. The predicted octanol–water partition coefficient (Wildman–Crippen LogP) is 5.24. The van der Waals surface area contributed by atoms with Gasteiger partial charge in [-0.3, -0.25) is 0 Å². The van der Waals surface area contributed by atoms with Crippen molar-refractivity contribution in [2.45, 2.75) is 51.4 Å². The van der Waals surface area contributed by atoms with E-state index in [1.54, 1.807) is 12.5 Å². The number of carbonyl (C=O) groups is 1. The summed E-state index contributed by atoms with van der Waals surface area (Å²) >= 11 is 0.